The summed E-state index contributed by atoms with van der Waals surface area (Å²) in [6, 6.07) is 0. The van der Waals surface area contributed by atoms with Gasteiger partial charge in [-0.05, 0) is 38.5 Å². The van der Waals surface area contributed by atoms with Crippen LogP contribution in [0.3, 0.4) is 0 Å². The van der Waals surface area contributed by atoms with Gasteiger partial charge in [-0.25, -0.2) is 9.59 Å². The van der Waals surface area contributed by atoms with Crippen LogP contribution in [0.1, 0.15) is 208 Å². The molecular weight excluding hydrogens is 544 g/mol. The van der Waals surface area contributed by atoms with Crippen LogP contribution in [0.25, 0.3) is 0 Å². The maximum Gasteiger partial charge on any atom is 0.321 e. The Labute approximate surface area is 275 Å². The molecule has 0 unspecified atom stereocenters. The number of hydrogen-bond donors (Lipinski definition) is 0. The van der Waals surface area contributed by atoms with Crippen molar-refractivity contribution in [1.29, 1.82) is 0 Å². The first-order valence-corrected chi connectivity index (χ1v) is 19.6. The van der Waals surface area contributed by atoms with Gasteiger partial charge in [0.05, 0.1) is 25.9 Å². The fourth-order valence-electron chi connectivity index (χ4n) is 6.29. The molecule has 0 atom stereocenters. The molecule has 260 valence electrons. The van der Waals surface area contributed by atoms with Crippen molar-refractivity contribution in [3.63, 3.8) is 0 Å². The molecule has 0 aliphatic rings. The van der Waals surface area contributed by atoms with Gasteiger partial charge >= 0.3 is 11.8 Å². The maximum atomic E-state index is 13.8. The SMILES string of the molecule is CCCCCCCCCCCCCCCCCC(=O)[N+](CCCC)(CCCC)C(=O)CCCC(=O)N(CCCC)CCCC. The number of quaternary nitrogens is 1. The highest BCUT2D eigenvalue weighted by atomic mass is 16.2. The van der Waals surface area contributed by atoms with Gasteiger partial charge in [-0.3, -0.25) is 4.79 Å². The van der Waals surface area contributed by atoms with Crippen molar-refractivity contribution in [2.24, 2.45) is 0 Å². The van der Waals surface area contributed by atoms with Crippen LogP contribution in [-0.4, -0.2) is 53.3 Å². The Hall–Kier alpha value is -1.23. The van der Waals surface area contributed by atoms with E-state index in [1.807, 2.05) is 4.90 Å². The molecule has 0 radical (unpaired) electrons. The van der Waals surface area contributed by atoms with Crippen molar-refractivity contribution in [3.8, 4) is 0 Å². The van der Waals surface area contributed by atoms with Gasteiger partial charge in [0.2, 0.25) is 5.91 Å². The van der Waals surface area contributed by atoms with E-state index in [1.54, 1.807) is 0 Å². The molecule has 0 fully saturated rings. The van der Waals surface area contributed by atoms with Crippen molar-refractivity contribution >= 4 is 17.7 Å². The Bertz CT molecular complexity index is 677. The first-order chi connectivity index (χ1) is 21.4. The molecule has 0 N–H and O–H groups in total. The summed E-state index contributed by atoms with van der Waals surface area (Å²) in [4.78, 5) is 42.5. The highest BCUT2D eigenvalue weighted by Crippen LogP contribution is 2.22. The lowest BCUT2D eigenvalue weighted by Gasteiger charge is -2.34. The van der Waals surface area contributed by atoms with Crippen LogP contribution in [0.2, 0.25) is 0 Å². The number of carbonyl (C=O) groups is 3. The number of rotatable bonds is 32. The zero-order chi connectivity index (χ0) is 32.7. The van der Waals surface area contributed by atoms with Crippen molar-refractivity contribution in [3.05, 3.63) is 0 Å². The molecule has 0 aromatic carbocycles. The Morgan fingerprint density at radius 2 is 0.727 bits per heavy atom. The first-order valence-electron chi connectivity index (χ1n) is 19.6. The summed E-state index contributed by atoms with van der Waals surface area (Å²) in [5, 5.41) is 0. The lowest BCUT2D eigenvalue weighted by atomic mass is 10.0. The zero-order valence-corrected chi connectivity index (χ0v) is 30.5. The summed E-state index contributed by atoms with van der Waals surface area (Å²) >= 11 is 0. The molecule has 0 aliphatic carbocycles. The van der Waals surface area contributed by atoms with E-state index in [9.17, 15) is 14.4 Å². The molecule has 0 aromatic rings. The van der Waals surface area contributed by atoms with Gasteiger partial charge in [0.25, 0.3) is 0 Å². The van der Waals surface area contributed by atoms with Gasteiger partial charge < -0.3 is 4.90 Å². The maximum absolute atomic E-state index is 13.8. The summed E-state index contributed by atoms with van der Waals surface area (Å²) in [6.07, 6.45) is 29.3. The Balaban J connectivity index is 4.68. The second-order valence-electron chi connectivity index (χ2n) is 13.6. The summed E-state index contributed by atoms with van der Waals surface area (Å²) in [7, 11) is 0. The van der Waals surface area contributed by atoms with Crippen LogP contribution in [0.15, 0.2) is 0 Å². The minimum absolute atomic E-state index is 0.0177. The molecule has 44 heavy (non-hydrogen) atoms. The standard InChI is InChI=1S/C39H77N2O3/c1-6-11-16-17-18-19-20-21-22-23-24-25-26-27-28-31-38(43)41(35-14-9-4,36-15-10-5)39(44)32-29-30-37(42)40(33-12-7-2)34-13-8-3/h6-36H2,1-5H3/q+1. The summed E-state index contributed by atoms with van der Waals surface area (Å²) in [5.41, 5.74) is 0. The van der Waals surface area contributed by atoms with Crippen LogP contribution >= 0.6 is 0 Å². The number of carbonyl (C=O) groups excluding carboxylic acids is 3. The number of nitrogens with zero attached hydrogens (tertiary/aromatic N) is 2. The normalized spacial score (nSPS) is 11.7. The summed E-state index contributed by atoms with van der Waals surface area (Å²) < 4.78 is 0.0177. The van der Waals surface area contributed by atoms with Gasteiger partial charge in [0.15, 0.2) is 0 Å². The lowest BCUT2D eigenvalue weighted by molar-refractivity contribution is -0.780. The number of imide groups is 1. The quantitative estimate of drug-likeness (QED) is 0.0554. The monoisotopic (exact) mass is 622 g/mol. The fourth-order valence-corrected chi connectivity index (χ4v) is 6.29. The van der Waals surface area contributed by atoms with Gasteiger partial charge in [0.1, 0.15) is 0 Å². The molecule has 3 amide bonds. The molecule has 0 bridgehead atoms. The average Bonchev–Trinajstić information content (AvgIpc) is 3.03. The van der Waals surface area contributed by atoms with Crippen molar-refractivity contribution < 1.29 is 18.9 Å². The van der Waals surface area contributed by atoms with E-state index in [-0.39, 0.29) is 22.2 Å². The molecule has 0 saturated carbocycles. The molecule has 0 aliphatic heterocycles. The van der Waals surface area contributed by atoms with Gasteiger partial charge in [-0.1, -0.05) is 150 Å². The molecule has 0 aromatic heterocycles. The second kappa shape index (κ2) is 30.4. The molecule has 5 nitrogen and oxygen atoms in total. The van der Waals surface area contributed by atoms with Gasteiger partial charge in [-0.2, -0.15) is 4.48 Å². The van der Waals surface area contributed by atoms with Crippen molar-refractivity contribution in [2.45, 2.75) is 208 Å². The Morgan fingerprint density at radius 3 is 1.11 bits per heavy atom. The molecular formula is C39H77N2O3+. The lowest BCUT2D eigenvalue weighted by Crippen LogP contribution is -2.58. The van der Waals surface area contributed by atoms with Gasteiger partial charge in [-0.15, -0.1) is 0 Å². The predicted octanol–water partition coefficient (Wildman–Crippen LogP) is 11.3. The summed E-state index contributed by atoms with van der Waals surface area (Å²) in [6.45, 7) is 13.7. The minimum atomic E-state index is 0.0177. The van der Waals surface area contributed by atoms with E-state index < -0.39 is 0 Å². The van der Waals surface area contributed by atoms with E-state index in [0.717, 1.165) is 77.3 Å². The van der Waals surface area contributed by atoms with E-state index in [1.165, 1.54) is 83.5 Å². The van der Waals surface area contributed by atoms with Gasteiger partial charge in [0, 0.05) is 19.5 Å². The van der Waals surface area contributed by atoms with Crippen molar-refractivity contribution in [2.75, 3.05) is 26.2 Å². The first kappa shape index (κ1) is 42.8. The Kier molecular flexibility index (Phi) is 29.6. The van der Waals surface area contributed by atoms with E-state index in [0.29, 0.717) is 38.8 Å². The predicted molar refractivity (Wildman–Crippen MR) is 190 cm³/mol. The topological polar surface area (TPSA) is 54.5 Å². The van der Waals surface area contributed by atoms with Crippen LogP contribution < -0.4 is 0 Å². The zero-order valence-electron chi connectivity index (χ0n) is 30.5. The van der Waals surface area contributed by atoms with Crippen LogP contribution in [0.5, 0.6) is 0 Å². The van der Waals surface area contributed by atoms with Crippen molar-refractivity contribution in [1.82, 2.24) is 4.90 Å². The number of unbranched alkanes of at least 4 members (excludes halogenated alkanes) is 18. The minimum Gasteiger partial charge on any atom is -0.343 e. The summed E-state index contributed by atoms with van der Waals surface area (Å²) in [5.74, 6) is 0.355. The molecule has 0 heterocycles. The van der Waals surface area contributed by atoms with E-state index >= 15 is 0 Å². The highest BCUT2D eigenvalue weighted by molar-refractivity contribution is 5.85. The highest BCUT2D eigenvalue weighted by Gasteiger charge is 2.42. The number of hydrogen-bond acceptors (Lipinski definition) is 3. The third-order valence-corrected chi connectivity index (χ3v) is 9.43. The molecule has 0 spiro atoms. The van der Waals surface area contributed by atoms with Crippen LogP contribution in [0, 0.1) is 0 Å². The van der Waals surface area contributed by atoms with E-state index in [2.05, 4.69) is 34.6 Å². The number of amides is 3. The average molecular weight is 622 g/mol. The third-order valence-electron chi connectivity index (χ3n) is 9.43. The Morgan fingerprint density at radius 1 is 0.386 bits per heavy atom. The van der Waals surface area contributed by atoms with Crippen LogP contribution in [0.4, 0.5) is 0 Å². The molecule has 0 saturated heterocycles. The second-order valence-corrected chi connectivity index (χ2v) is 13.6. The molecule has 5 heteroatoms. The van der Waals surface area contributed by atoms with Crippen LogP contribution in [-0.2, 0) is 14.4 Å². The largest absolute Gasteiger partial charge is 0.343 e. The molecule has 0 rings (SSSR count). The third kappa shape index (κ3) is 20.7. The smallest absolute Gasteiger partial charge is 0.321 e. The van der Waals surface area contributed by atoms with E-state index in [4.69, 9.17) is 0 Å². The fraction of sp³-hybridized carbons (Fsp3) is 0.923.